The number of carbonyl (C=O) groups is 1. The molecule has 4 aromatic rings. The number of thiazole rings is 1. The third-order valence-corrected chi connectivity index (χ3v) is 10.4. The van der Waals surface area contributed by atoms with Crippen molar-refractivity contribution in [2.75, 3.05) is 29.3 Å². The number of carboxylic acids is 1. The number of alkyl halides is 3. The van der Waals surface area contributed by atoms with Crippen LogP contribution in [0.4, 0.5) is 24.1 Å². The highest BCUT2D eigenvalue weighted by molar-refractivity contribution is 7.92. The highest BCUT2D eigenvalue weighted by atomic mass is 32.2. The van der Waals surface area contributed by atoms with Crippen molar-refractivity contribution in [1.82, 2.24) is 19.7 Å². The molecule has 258 valence electrons. The minimum atomic E-state index is -4.54. The summed E-state index contributed by atoms with van der Waals surface area (Å²) in [6.45, 7) is 2.78. The van der Waals surface area contributed by atoms with Crippen molar-refractivity contribution in [2.45, 2.75) is 70.0 Å². The van der Waals surface area contributed by atoms with Crippen LogP contribution in [0.1, 0.15) is 57.9 Å². The number of carboxylic acid groups (broad SMARTS) is 1. The summed E-state index contributed by atoms with van der Waals surface area (Å²) >= 11 is 0.959. The highest BCUT2D eigenvalue weighted by Gasteiger charge is 2.35. The van der Waals surface area contributed by atoms with Gasteiger partial charge in [0.15, 0.2) is 16.8 Å². The number of aliphatic carboxylic acids is 1. The summed E-state index contributed by atoms with van der Waals surface area (Å²) in [5.74, 6) is -0.829. The Morgan fingerprint density at radius 1 is 1.06 bits per heavy atom. The maximum atomic E-state index is 13.7. The van der Waals surface area contributed by atoms with Crippen LogP contribution >= 0.6 is 11.3 Å². The Kier molecular flexibility index (Phi) is 10.6. The molecule has 11 nitrogen and oxygen atoms in total. The van der Waals surface area contributed by atoms with Gasteiger partial charge in [-0.2, -0.15) is 21.6 Å². The molecule has 1 atom stereocenters. The second kappa shape index (κ2) is 14.5. The van der Waals surface area contributed by atoms with E-state index in [0.29, 0.717) is 42.3 Å². The van der Waals surface area contributed by atoms with Gasteiger partial charge in [-0.3, -0.25) is 9.52 Å². The smallest absolute Gasteiger partial charge is 0.422 e. The number of hydrogen-bond acceptors (Lipinski definition) is 9. The van der Waals surface area contributed by atoms with Crippen molar-refractivity contribution in [3.8, 4) is 22.1 Å². The van der Waals surface area contributed by atoms with E-state index in [1.807, 2.05) is 36.1 Å². The number of aryl methyl sites for hydroxylation is 1. The van der Waals surface area contributed by atoms with Crippen LogP contribution in [0.3, 0.4) is 0 Å². The summed E-state index contributed by atoms with van der Waals surface area (Å²) in [7, 11) is -4.29. The first-order valence-electron chi connectivity index (χ1n) is 15.6. The zero-order valence-electron chi connectivity index (χ0n) is 26.5. The Bertz CT molecular complexity index is 1850. The van der Waals surface area contributed by atoms with Crippen LogP contribution in [0.2, 0.25) is 0 Å². The summed E-state index contributed by atoms with van der Waals surface area (Å²) < 4.78 is 74.4. The van der Waals surface area contributed by atoms with E-state index in [-0.39, 0.29) is 22.6 Å². The average molecular weight is 707 g/mol. The zero-order chi connectivity index (χ0) is 34.5. The topological polar surface area (TPSA) is 140 Å². The number of hydrogen-bond donors (Lipinski definition) is 2. The van der Waals surface area contributed by atoms with E-state index in [4.69, 9.17) is 4.74 Å². The zero-order valence-corrected chi connectivity index (χ0v) is 28.2. The Labute approximate surface area is 280 Å². The van der Waals surface area contributed by atoms with Crippen LogP contribution in [-0.4, -0.2) is 65.1 Å². The first-order valence-corrected chi connectivity index (χ1v) is 17.9. The van der Waals surface area contributed by atoms with Crippen LogP contribution in [0.25, 0.3) is 16.3 Å². The Balaban J connectivity index is 1.56. The van der Waals surface area contributed by atoms with Crippen molar-refractivity contribution in [3.05, 3.63) is 60.3 Å². The molecule has 0 amide bonds. The van der Waals surface area contributed by atoms with Gasteiger partial charge < -0.3 is 14.7 Å². The third kappa shape index (κ3) is 8.45. The van der Waals surface area contributed by atoms with Crippen LogP contribution in [0.15, 0.2) is 59.8 Å². The van der Waals surface area contributed by atoms with Gasteiger partial charge in [0.05, 0.1) is 5.41 Å². The van der Waals surface area contributed by atoms with Gasteiger partial charge in [-0.25, -0.2) is 14.6 Å². The summed E-state index contributed by atoms with van der Waals surface area (Å²) in [6, 6.07) is 13.5. The molecule has 16 heteroatoms. The van der Waals surface area contributed by atoms with E-state index < -0.39 is 34.2 Å². The fourth-order valence-corrected chi connectivity index (χ4v) is 7.79. The number of ether oxygens (including phenoxy) is 1. The Hall–Kier alpha value is -4.18. The lowest BCUT2D eigenvalue weighted by Gasteiger charge is -2.33. The minimum absolute atomic E-state index is 0.00200. The molecular formula is C32H37F3N6O5S2. The van der Waals surface area contributed by atoms with E-state index in [2.05, 4.69) is 19.8 Å². The maximum absolute atomic E-state index is 13.7. The van der Waals surface area contributed by atoms with Crippen LogP contribution in [0.5, 0.6) is 5.88 Å². The number of nitrogens with zero attached hydrogens (tertiary/aromatic N) is 5. The predicted octanol–water partition coefficient (Wildman–Crippen LogP) is 6.95. The Morgan fingerprint density at radius 2 is 1.83 bits per heavy atom. The van der Waals surface area contributed by atoms with Crippen molar-refractivity contribution in [2.24, 2.45) is 5.41 Å². The average Bonchev–Trinajstić information content (AvgIpc) is 3.67. The van der Waals surface area contributed by atoms with Gasteiger partial charge >= 0.3 is 12.1 Å². The lowest BCUT2D eigenvalue weighted by atomic mass is 9.85. The number of benzene rings is 1. The number of sulfonamides is 1. The van der Waals surface area contributed by atoms with E-state index in [1.54, 1.807) is 19.1 Å². The third-order valence-electron chi connectivity index (χ3n) is 8.05. The summed E-state index contributed by atoms with van der Waals surface area (Å²) in [5.41, 5.74) is 1.04. The SMILES string of the molecule is CCC[C@](C)(CN1CCCCCCc2ccccc2-c2nc(sc2-n2ccc(OCC(F)(F)F)n2)NS(=O)(=O)c2cccc1n2)C(=O)O. The summed E-state index contributed by atoms with van der Waals surface area (Å²) in [6.07, 6.45) is 2.05. The molecule has 0 radical (unpaired) electrons. The van der Waals surface area contributed by atoms with Crippen LogP contribution in [-0.2, 0) is 21.2 Å². The number of fused-ring (bicyclic) bond motifs is 6. The molecule has 5 rings (SSSR count). The second-order valence-corrected chi connectivity index (χ2v) is 14.6. The number of nitrogens with one attached hydrogen (secondary N) is 1. The van der Waals surface area contributed by atoms with Crippen molar-refractivity contribution in [3.63, 3.8) is 0 Å². The molecule has 0 aliphatic carbocycles. The van der Waals surface area contributed by atoms with Crippen molar-refractivity contribution >= 4 is 38.3 Å². The minimum Gasteiger partial charge on any atom is -0.481 e. The molecule has 0 fully saturated rings. The number of pyridine rings is 1. The maximum Gasteiger partial charge on any atom is 0.422 e. The lowest BCUT2D eigenvalue weighted by Crippen LogP contribution is -2.42. The van der Waals surface area contributed by atoms with Gasteiger partial charge in [0.1, 0.15) is 16.5 Å². The second-order valence-electron chi connectivity index (χ2n) is 12.0. The number of anilines is 2. The van der Waals surface area contributed by atoms with E-state index >= 15 is 0 Å². The molecule has 0 spiro atoms. The molecule has 0 saturated carbocycles. The van der Waals surface area contributed by atoms with Gasteiger partial charge in [-0.15, -0.1) is 5.10 Å². The van der Waals surface area contributed by atoms with Gasteiger partial charge in [-0.05, 0) is 50.3 Å². The van der Waals surface area contributed by atoms with Gasteiger partial charge in [0.25, 0.3) is 10.0 Å². The standard InChI is InChI=1S/C32H37F3N6O5S2/c1-3-17-31(2,29(42)43)20-40-18-9-5-4-6-11-22-12-7-8-13-23(22)27-28(41-19-16-25(38-41)46-21-32(33,34)35)47-30(37-27)39-48(44,45)26-15-10-14-24(40)36-26/h7-8,10,12-16,19H,3-6,9,11,17-18,20-21H2,1-2H3,(H,37,39)(H,42,43)/t31-/m1/s1. The quantitative estimate of drug-likeness (QED) is 0.199. The van der Waals surface area contributed by atoms with Crippen LogP contribution in [0, 0.1) is 5.41 Å². The van der Waals surface area contributed by atoms with E-state index in [0.717, 1.165) is 48.1 Å². The number of rotatable bonds is 8. The molecule has 4 bridgehead atoms. The molecule has 1 aromatic carbocycles. The summed E-state index contributed by atoms with van der Waals surface area (Å²) in [5, 5.41) is 14.4. The van der Waals surface area contributed by atoms with Crippen molar-refractivity contribution < 1.29 is 36.2 Å². The normalized spacial score (nSPS) is 16.6. The van der Waals surface area contributed by atoms with Gasteiger partial charge in [0, 0.05) is 30.9 Å². The number of halogens is 3. The summed E-state index contributed by atoms with van der Waals surface area (Å²) in [4.78, 5) is 23.3. The first kappa shape index (κ1) is 35.1. The molecule has 0 unspecified atom stereocenters. The predicted molar refractivity (Wildman–Crippen MR) is 176 cm³/mol. The Morgan fingerprint density at radius 3 is 2.58 bits per heavy atom. The molecule has 3 aromatic heterocycles. The molecular weight excluding hydrogens is 670 g/mol. The molecule has 1 aliphatic rings. The molecule has 2 N–H and O–H groups in total. The molecule has 48 heavy (non-hydrogen) atoms. The van der Waals surface area contributed by atoms with Crippen LogP contribution < -0.4 is 14.4 Å². The largest absolute Gasteiger partial charge is 0.481 e. The number of aromatic nitrogens is 4. The molecule has 4 heterocycles. The lowest BCUT2D eigenvalue weighted by molar-refractivity contribution is -0.154. The fraction of sp³-hybridized carbons (Fsp3) is 0.438. The monoisotopic (exact) mass is 706 g/mol. The molecule has 1 aliphatic heterocycles. The highest BCUT2D eigenvalue weighted by Crippen LogP contribution is 2.38. The first-order chi connectivity index (χ1) is 22.8. The van der Waals surface area contributed by atoms with Gasteiger partial charge in [-0.1, -0.05) is 67.9 Å². The fourth-order valence-electron chi connectivity index (χ4n) is 5.68. The van der Waals surface area contributed by atoms with E-state index in [1.165, 1.54) is 23.0 Å². The van der Waals surface area contributed by atoms with Gasteiger partial charge in [0.2, 0.25) is 5.88 Å². The molecule has 0 saturated heterocycles. The van der Waals surface area contributed by atoms with E-state index in [9.17, 15) is 31.5 Å². The van der Waals surface area contributed by atoms with Crippen molar-refractivity contribution in [1.29, 1.82) is 0 Å².